The van der Waals surface area contributed by atoms with E-state index >= 15 is 0 Å². The van der Waals surface area contributed by atoms with Crippen LogP contribution < -0.4 is 5.73 Å². The summed E-state index contributed by atoms with van der Waals surface area (Å²) in [7, 11) is 1.68. The molecule has 0 atom stereocenters. The molecule has 0 saturated carbocycles. The molecule has 0 unspecified atom stereocenters. The largest absolute Gasteiger partial charge is 0.384 e. The van der Waals surface area contributed by atoms with E-state index < -0.39 is 0 Å². The minimum Gasteiger partial charge on any atom is -0.384 e. The molecule has 106 valence electrons. The molecule has 20 heavy (non-hydrogen) atoms. The summed E-state index contributed by atoms with van der Waals surface area (Å²) < 4.78 is 5.23. The second kappa shape index (κ2) is 5.59. The van der Waals surface area contributed by atoms with Crippen LogP contribution in [0.4, 0.5) is 5.82 Å². The first-order chi connectivity index (χ1) is 9.41. The van der Waals surface area contributed by atoms with Crippen molar-refractivity contribution in [1.82, 2.24) is 9.97 Å². The van der Waals surface area contributed by atoms with Crippen molar-refractivity contribution >= 4 is 5.82 Å². The van der Waals surface area contributed by atoms with E-state index in [-0.39, 0.29) is 5.41 Å². The van der Waals surface area contributed by atoms with Gasteiger partial charge in [-0.15, -0.1) is 0 Å². The lowest BCUT2D eigenvalue weighted by Crippen LogP contribution is -2.15. The molecule has 0 radical (unpaired) electrons. The molecule has 1 aromatic heterocycles. The molecular weight excluding hydrogens is 250 g/mol. The molecule has 0 aliphatic carbocycles. The van der Waals surface area contributed by atoms with Crippen LogP contribution >= 0.6 is 0 Å². The van der Waals surface area contributed by atoms with Gasteiger partial charge in [-0.25, -0.2) is 9.97 Å². The van der Waals surface area contributed by atoms with Crippen molar-refractivity contribution in [2.75, 3.05) is 12.8 Å². The van der Waals surface area contributed by atoms with E-state index in [0.717, 1.165) is 16.8 Å². The van der Waals surface area contributed by atoms with E-state index in [0.29, 0.717) is 18.2 Å². The van der Waals surface area contributed by atoms with Crippen molar-refractivity contribution in [1.29, 1.82) is 0 Å². The maximum absolute atomic E-state index is 5.94. The zero-order chi connectivity index (χ0) is 14.8. The first-order valence-electron chi connectivity index (χ1n) is 6.64. The van der Waals surface area contributed by atoms with Gasteiger partial charge in [0.2, 0.25) is 0 Å². The van der Waals surface area contributed by atoms with Crippen molar-refractivity contribution in [3.8, 4) is 11.4 Å². The van der Waals surface area contributed by atoms with Crippen LogP contribution in [-0.4, -0.2) is 17.1 Å². The Bertz CT molecular complexity index is 603. The SMILES string of the molecule is COCc1ccccc1-c1nc(N)cc(C(C)(C)C)n1. The third-order valence-electron chi connectivity index (χ3n) is 3.07. The first kappa shape index (κ1) is 14.5. The molecule has 2 rings (SSSR count). The van der Waals surface area contributed by atoms with Crippen molar-refractivity contribution in [3.63, 3.8) is 0 Å². The third-order valence-corrected chi connectivity index (χ3v) is 3.07. The number of hydrogen-bond donors (Lipinski definition) is 1. The summed E-state index contributed by atoms with van der Waals surface area (Å²) in [5.74, 6) is 1.15. The predicted molar refractivity (Wildman–Crippen MR) is 81.3 cm³/mol. The Morgan fingerprint density at radius 3 is 2.50 bits per heavy atom. The van der Waals surface area contributed by atoms with Gasteiger partial charge in [0.05, 0.1) is 12.3 Å². The van der Waals surface area contributed by atoms with Crippen molar-refractivity contribution in [2.45, 2.75) is 32.8 Å². The molecule has 0 spiro atoms. The number of hydrogen-bond acceptors (Lipinski definition) is 4. The van der Waals surface area contributed by atoms with Crippen LogP contribution in [0, 0.1) is 0 Å². The van der Waals surface area contributed by atoms with Crippen molar-refractivity contribution < 1.29 is 4.74 Å². The topological polar surface area (TPSA) is 61.0 Å². The number of nitrogens with two attached hydrogens (primary N) is 1. The molecule has 4 heteroatoms. The first-order valence-corrected chi connectivity index (χ1v) is 6.64. The normalized spacial score (nSPS) is 11.6. The maximum atomic E-state index is 5.94. The number of methoxy groups -OCH3 is 1. The van der Waals surface area contributed by atoms with Gasteiger partial charge in [0.1, 0.15) is 5.82 Å². The number of rotatable bonds is 3. The van der Waals surface area contributed by atoms with Gasteiger partial charge in [-0.1, -0.05) is 45.0 Å². The summed E-state index contributed by atoms with van der Waals surface area (Å²) in [6, 6.07) is 9.80. The Labute approximate surface area is 120 Å². The molecule has 0 aliphatic heterocycles. The smallest absolute Gasteiger partial charge is 0.162 e. The highest BCUT2D eigenvalue weighted by molar-refractivity contribution is 5.61. The summed E-state index contributed by atoms with van der Waals surface area (Å²) in [5, 5.41) is 0. The van der Waals surface area contributed by atoms with Crippen LogP contribution in [0.25, 0.3) is 11.4 Å². The van der Waals surface area contributed by atoms with Gasteiger partial charge < -0.3 is 10.5 Å². The quantitative estimate of drug-likeness (QED) is 0.931. The lowest BCUT2D eigenvalue weighted by Gasteiger charge is -2.19. The molecule has 4 nitrogen and oxygen atoms in total. The highest BCUT2D eigenvalue weighted by Gasteiger charge is 2.18. The van der Waals surface area contributed by atoms with E-state index in [1.54, 1.807) is 7.11 Å². The number of nitrogen functional groups attached to an aromatic ring is 1. The van der Waals surface area contributed by atoms with Crippen molar-refractivity contribution in [2.24, 2.45) is 0 Å². The van der Waals surface area contributed by atoms with E-state index in [1.807, 2.05) is 30.3 Å². The van der Waals surface area contributed by atoms with Crippen LogP contribution in [0.2, 0.25) is 0 Å². The number of nitrogens with zero attached hydrogens (tertiary/aromatic N) is 2. The van der Waals surface area contributed by atoms with Crippen LogP contribution in [0.1, 0.15) is 32.0 Å². The zero-order valence-electron chi connectivity index (χ0n) is 12.5. The summed E-state index contributed by atoms with van der Waals surface area (Å²) in [4.78, 5) is 9.04. The summed E-state index contributed by atoms with van der Waals surface area (Å²) in [6.45, 7) is 6.86. The molecule has 0 aliphatic rings. The van der Waals surface area contributed by atoms with Crippen molar-refractivity contribution in [3.05, 3.63) is 41.6 Å². The molecule has 2 N–H and O–H groups in total. The Kier molecular flexibility index (Phi) is 4.04. The standard InChI is InChI=1S/C16H21N3O/c1-16(2,3)13-9-14(17)19-15(18-13)12-8-6-5-7-11(12)10-20-4/h5-9H,10H2,1-4H3,(H2,17,18,19). The van der Waals surface area contributed by atoms with Gasteiger partial charge in [0.25, 0.3) is 0 Å². The molecular formula is C16H21N3O. The van der Waals surface area contributed by atoms with Gasteiger partial charge in [-0.3, -0.25) is 0 Å². The maximum Gasteiger partial charge on any atom is 0.162 e. The van der Waals surface area contributed by atoms with Gasteiger partial charge in [-0.2, -0.15) is 0 Å². The van der Waals surface area contributed by atoms with Crippen LogP contribution in [-0.2, 0) is 16.8 Å². The highest BCUT2D eigenvalue weighted by atomic mass is 16.5. The molecule has 1 aromatic carbocycles. The lowest BCUT2D eigenvalue weighted by molar-refractivity contribution is 0.185. The van der Waals surface area contributed by atoms with Crippen LogP contribution in [0.5, 0.6) is 0 Å². The zero-order valence-corrected chi connectivity index (χ0v) is 12.5. The fraction of sp³-hybridized carbons (Fsp3) is 0.375. The van der Waals surface area contributed by atoms with E-state index in [1.165, 1.54) is 0 Å². The van der Waals surface area contributed by atoms with E-state index in [2.05, 4.69) is 30.7 Å². The predicted octanol–water partition coefficient (Wildman–Crippen LogP) is 3.17. The Hall–Kier alpha value is -1.94. The highest BCUT2D eigenvalue weighted by Crippen LogP contribution is 2.26. The molecule has 1 heterocycles. The summed E-state index contributed by atoms with van der Waals surface area (Å²) in [5.41, 5.74) is 8.83. The average molecular weight is 271 g/mol. The minimum atomic E-state index is -0.0675. The monoisotopic (exact) mass is 271 g/mol. The number of benzene rings is 1. The minimum absolute atomic E-state index is 0.0675. The third kappa shape index (κ3) is 3.14. The molecule has 0 bridgehead atoms. The second-order valence-corrected chi connectivity index (χ2v) is 5.84. The summed E-state index contributed by atoms with van der Waals surface area (Å²) in [6.07, 6.45) is 0. The van der Waals surface area contributed by atoms with Crippen LogP contribution in [0.15, 0.2) is 30.3 Å². The Balaban J connectivity index is 2.56. The molecule has 0 amide bonds. The van der Waals surface area contributed by atoms with Gasteiger partial charge >= 0.3 is 0 Å². The fourth-order valence-corrected chi connectivity index (χ4v) is 1.99. The van der Waals surface area contributed by atoms with Gasteiger partial charge in [0, 0.05) is 24.2 Å². The number of anilines is 1. The number of aromatic nitrogens is 2. The molecule has 2 aromatic rings. The molecule has 0 saturated heterocycles. The van der Waals surface area contributed by atoms with Gasteiger partial charge in [-0.05, 0) is 5.56 Å². The lowest BCUT2D eigenvalue weighted by atomic mass is 9.91. The van der Waals surface area contributed by atoms with Crippen LogP contribution in [0.3, 0.4) is 0 Å². The Morgan fingerprint density at radius 1 is 1.15 bits per heavy atom. The Morgan fingerprint density at radius 2 is 1.85 bits per heavy atom. The average Bonchev–Trinajstić information content (AvgIpc) is 2.38. The van der Waals surface area contributed by atoms with E-state index in [9.17, 15) is 0 Å². The summed E-state index contributed by atoms with van der Waals surface area (Å²) >= 11 is 0. The van der Waals surface area contributed by atoms with Gasteiger partial charge in [0.15, 0.2) is 5.82 Å². The number of ether oxygens (including phenoxy) is 1. The molecule has 0 fully saturated rings. The second-order valence-electron chi connectivity index (χ2n) is 5.84. The van der Waals surface area contributed by atoms with E-state index in [4.69, 9.17) is 10.5 Å². The fourth-order valence-electron chi connectivity index (χ4n) is 1.99.